The van der Waals surface area contributed by atoms with Gasteiger partial charge in [0, 0.05) is 18.8 Å². The predicted octanol–water partition coefficient (Wildman–Crippen LogP) is 2.26. The molecule has 5 nitrogen and oxygen atoms in total. The zero-order valence-electron chi connectivity index (χ0n) is 12.8. The van der Waals surface area contributed by atoms with Crippen LogP contribution in [0.3, 0.4) is 0 Å². The monoisotopic (exact) mass is 307 g/mol. The fraction of sp³-hybridized carbons (Fsp3) is 0.222. The smallest absolute Gasteiger partial charge is 0.261 e. The van der Waals surface area contributed by atoms with Gasteiger partial charge in [0.1, 0.15) is 11.4 Å². The Bertz CT molecular complexity index is 860. The lowest BCUT2D eigenvalue weighted by Crippen LogP contribution is -2.37. The highest BCUT2D eigenvalue weighted by molar-refractivity contribution is 5.82. The third-order valence-electron chi connectivity index (χ3n) is 4.11. The highest BCUT2D eigenvalue weighted by Crippen LogP contribution is 2.28. The number of imidazole rings is 1. The van der Waals surface area contributed by atoms with Gasteiger partial charge < -0.3 is 14.5 Å². The number of benzene rings is 1. The van der Waals surface area contributed by atoms with Crippen molar-refractivity contribution in [2.45, 2.75) is 26.0 Å². The van der Waals surface area contributed by atoms with Gasteiger partial charge in [-0.25, -0.2) is 4.98 Å². The first kappa shape index (κ1) is 13.8. The van der Waals surface area contributed by atoms with Crippen LogP contribution in [0.4, 0.5) is 0 Å². The molecule has 2 aromatic heterocycles. The second kappa shape index (κ2) is 5.43. The number of pyridine rings is 1. The van der Waals surface area contributed by atoms with Gasteiger partial charge in [0.2, 0.25) is 0 Å². The lowest BCUT2D eigenvalue weighted by molar-refractivity contribution is -0.127. The largest absolute Gasteiger partial charge is 0.480 e. The molecular weight excluding hydrogens is 290 g/mol. The molecule has 0 fully saturated rings. The maximum atomic E-state index is 12.3. The number of nitrogens with zero attached hydrogens (tertiary/aromatic N) is 2. The van der Waals surface area contributed by atoms with Crippen LogP contribution in [0.2, 0.25) is 0 Å². The minimum Gasteiger partial charge on any atom is -0.480 e. The van der Waals surface area contributed by atoms with E-state index in [-0.39, 0.29) is 5.91 Å². The van der Waals surface area contributed by atoms with Gasteiger partial charge in [-0.2, -0.15) is 0 Å². The maximum absolute atomic E-state index is 12.3. The Balaban J connectivity index is 1.43. The van der Waals surface area contributed by atoms with Crippen LogP contribution in [0, 0.1) is 6.92 Å². The highest BCUT2D eigenvalue weighted by atomic mass is 16.5. The number of aryl methyl sites for hydroxylation is 1. The van der Waals surface area contributed by atoms with E-state index in [0.717, 1.165) is 28.2 Å². The Labute approximate surface area is 133 Å². The van der Waals surface area contributed by atoms with Gasteiger partial charge >= 0.3 is 0 Å². The van der Waals surface area contributed by atoms with Gasteiger partial charge in [-0.1, -0.05) is 24.3 Å². The summed E-state index contributed by atoms with van der Waals surface area (Å²) in [5.74, 6) is 0.700. The summed E-state index contributed by atoms with van der Waals surface area (Å²) in [5, 5.41) is 2.92. The van der Waals surface area contributed by atoms with Crippen molar-refractivity contribution < 1.29 is 9.53 Å². The van der Waals surface area contributed by atoms with E-state index in [1.807, 2.05) is 60.1 Å². The van der Waals surface area contributed by atoms with Crippen LogP contribution in [0.1, 0.15) is 16.8 Å². The summed E-state index contributed by atoms with van der Waals surface area (Å²) in [7, 11) is 0. The standard InChI is InChI=1S/C18H17N3O2/c1-12-5-4-8-21-11-14(20-17(12)21)10-19-18(22)16-9-13-6-2-3-7-15(13)23-16/h2-8,11,16H,9-10H2,1H3,(H,19,22)/t16-/m1/s1. The van der Waals surface area contributed by atoms with Crippen molar-refractivity contribution in [1.82, 2.24) is 14.7 Å². The van der Waals surface area contributed by atoms with E-state index < -0.39 is 6.10 Å². The molecule has 0 radical (unpaired) electrons. The SMILES string of the molecule is Cc1cccn2cc(CNC(=O)[C@H]3Cc4ccccc4O3)nc12. The second-order valence-electron chi connectivity index (χ2n) is 5.79. The summed E-state index contributed by atoms with van der Waals surface area (Å²) in [5.41, 5.74) is 3.94. The van der Waals surface area contributed by atoms with E-state index >= 15 is 0 Å². The summed E-state index contributed by atoms with van der Waals surface area (Å²) < 4.78 is 7.67. The van der Waals surface area contributed by atoms with Crippen molar-refractivity contribution >= 4 is 11.6 Å². The van der Waals surface area contributed by atoms with Crippen LogP contribution in [0.25, 0.3) is 5.65 Å². The zero-order chi connectivity index (χ0) is 15.8. The quantitative estimate of drug-likeness (QED) is 0.807. The van der Waals surface area contributed by atoms with Gasteiger partial charge in [0.15, 0.2) is 6.10 Å². The molecule has 1 aromatic carbocycles. The third-order valence-corrected chi connectivity index (χ3v) is 4.11. The van der Waals surface area contributed by atoms with Crippen LogP contribution in [0.15, 0.2) is 48.8 Å². The first-order valence-electron chi connectivity index (χ1n) is 7.66. The minimum absolute atomic E-state index is 0.102. The number of fused-ring (bicyclic) bond motifs is 2. The Morgan fingerprint density at radius 1 is 1.35 bits per heavy atom. The lowest BCUT2D eigenvalue weighted by atomic mass is 10.1. The van der Waals surface area contributed by atoms with Crippen molar-refractivity contribution in [1.29, 1.82) is 0 Å². The van der Waals surface area contributed by atoms with E-state index in [9.17, 15) is 4.79 Å². The topological polar surface area (TPSA) is 55.6 Å². The van der Waals surface area contributed by atoms with Gasteiger partial charge in [-0.15, -0.1) is 0 Å². The molecule has 5 heteroatoms. The molecule has 3 heterocycles. The molecule has 0 aliphatic carbocycles. The van der Waals surface area contributed by atoms with Gasteiger partial charge in [0.25, 0.3) is 5.91 Å². The lowest BCUT2D eigenvalue weighted by Gasteiger charge is -2.10. The summed E-state index contributed by atoms with van der Waals surface area (Å²) in [6, 6.07) is 11.8. The van der Waals surface area contributed by atoms with Crippen LogP contribution in [0.5, 0.6) is 5.75 Å². The number of hydrogen-bond donors (Lipinski definition) is 1. The van der Waals surface area contributed by atoms with E-state index in [2.05, 4.69) is 10.3 Å². The molecule has 23 heavy (non-hydrogen) atoms. The van der Waals surface area contributed by atoms with E-state index in [1.165, 1.54) is 0 Å². The predicted molar refractivity (Wildman–Crippen MR) is 86.3 cm³/mol. The molecule has 1 atom stereocenters. The van der Waals surface area contributed by atoms with E-state index in [1.54, 1.807) is 0 Å². The van der Waals surface area contributed by atoms with Crippen LogP contribution < -0.4 is 10.1 Å². The number of aromatic nitrogens is 2. The number of para-hydroxylation sites is 1. The molecule has 1 amide bonds. The third kappa shape index (κ3) is 2.54. The molecule has 1 aliphatic rings. The van der Waals surface area contributed by atoms with E-state index in [0.29, 0.717) is 13.0 Å². The van der Waals surface area contributed by atoms with Gasteiger partial charge in [-0.05, 0) is 30.2 Å². The average molecular weight is 307 g/mol. The molecule has 3 aromatic rings. The van der Waals surface area contributed by atoms with Crippen molar-refractivity contribution in [2.75, 3.05) is 0 Å². The molecule has 0 bridgehead atoms. The number of hydrogen-bond acceptors (Lipinski definition) is 3. The number of ether oxygens (including phenoxy) is 1. The highest BCUT2D eigenvalue weighted by Gasteiger charge is 2.28. The van der Waals surface area contributed by atoms with Gasteiger partial charge in [-0.3, -0.25) is 4.79 Å². The maximum Gasteiger partial charge on any atom is 0.261 e. The number of rotatable bonds is 3. The molecule has 0 unspecified atom stereocenters. The summed E-state index contributed by atoms with van der Waals surface area (Å²) >= 11 is 0. The fourth-order valence-corrected chi connectivity index (χ4v) is 2.91. The fourth-order valence-electron chi connectivity index (χ4n) is 2.91. The van der Waals surface area contributed by atoms with E-state index in [4.69, 9.17) is 4.74 Å². The number of nitrogens with one attached hydrogen (secondary N) is 1. The molecule has 0 saturated heterocycles. The number of carbonyl (C=O) groups is 1. The van der Waals surface area contributed by atoms with Crippen molar-refractivity contribution in [2.24, 2.45) is 0 Å². The molecule has 4 rings (SSSR count). The molecular formula is C18H17N3O2. The van der Waals surface area contributed by atoms with Crippen LogP contribution in [-0.4, -0.2) is 21.4 Å². The van der Waals surface area contributed by atoms with Crippen molar-refractivity contribution in [3.05, 3.63) is 65.6 Å². The molecule has 0 spiro atoms. The number of carbonyl (C=O) groups excluding carboxylic acids is 1. The van der Waals surface area contributed by atoms with Crippen molar-refractivity contribution in [3.8, 4) is 5.75 Å². The zero-order valence-corrected chi connectivity index (χ0v) is 12.8. The molecule has 0 saturated carbocycles. The Morgan fingerprint density at radius 2 is 2.22 bits per heavy atom. The first-order chi connectivity index (χ1) is 11.2. The first-order valence-corrected chi connectivity index (χ1v) is 7.66. The minimum atomic E-state index is -0.453. The van der Waals surface area contributed by atoms with Gasteiger partial charge in [0.05, 0.1) is 12.2 Å². The second-order valence-corrected chi connectivity index (χ2v) is 5.79. The summed E-state index contributed by atoms with van der Waals surface area (Å²) in [6.45, 7) is 2.42. The molecule has 1 N–H and O–H groups in total. The summed E-state index contributed by atoms with van der Waals surface area (Å²) in [4.78, 5) is 16.9. The molecule has 1 aliphatic heterocycles. The Kier molecular flexibility index (Phi) is 3.26. The summed E-state index contributed by atoms with van der Waals surface area (Å²) in [6.07, 6.45) is 4.06. The normalized spacial score (nSPS) is 16.1. The number of amides is 1. The Hall–Kier alpha value is -2.82. The van der Waals surface area contributed by atoms with Crippen LogP contribution >= 0.6 is 0 Å². The Morgan fingerprint density at radius 3 is 3.04 bits per heavy atom. The average Bonchev–Trinajstić information content (AvgIpc) is 3.17. The van der Waals surface area contributed by atoms with Crippen LogP contribution in [-0.2, 0) is 17.8 Å². The van der Waals surface area contributed by atoms with Crippen molar-refractivity contribution in [3.63, 3.8) is 0 Å². The molecule has 116 valence electrons.